The van der Waals surface area contributed by atoms with E-state index >= 15 is 0 Å². The monoisotopic (exact) mass is 256 g/mol. The lowest BCUT2D eigenvalue weighted by Crippen LogP contribution is -2.54. The maximum Gasteiger partial charge on any atom is 0.325 e. The maximum atomic E-state index is 11.7. The van der Waals surface area contributed by atoms with Crippen LogP contribution in [0.15, 0.2) is 0 Å². The average molecular weight is 256 g/mol. The van der Waals surface area contributed by atoms with Crippen LogP contribution in [0.5, 0.6) is 0 Å². The summed E-state index contributed by atoms with van der Waals surface area (Å²) < 4.78 is 0. The first-order chi connectivity index (χ1) is 8.63. The second kappa shape index (κ2) is 8.48. The summed E-state index contributed by atoms with van der Waals surface area (Å²) in [5.74, 6) is -0.0764. The van der Waals surface area contributed by atoms with Crippen molar-refractivity contribution in [2.75, 3.05) is 13.1 Å². The fraction of sp³-hybridized carbons (Fsp3) is 0.929. The van der Waals surface area contributed by atoms with Crippen molar-refractivity contribution in [3.63, 3.8) is 0 Å². The van der Waals surface area contributed by atoms with Gasteiger partial charge in [0.15, 0.2) is 0 Å². The first-order valence-electron chi connectivity index (χ1n) is 7.34. The largest absolute Gasteiger partial charge is 0.368 e. The van der Waals surface area contributed by atoms with Gasteiger partial charge in [-0.1, -0.05) is 32.6 Å². The highest BCUT2D eigenvalue weighted by Gasteiger charge is 2.25. The number of piperazine rings is 1. The van der Waals surface area contributed by atoms with Gasteiger partial charge in [0.2, 0.25) is 0 Å². The number of hydrogen-bond acceptors (Lipinski definition) is 4. The summed E-state index contributed by atoms with van der Waals surface area (Å²) in [5.41, 5.74) is 0. The molecule has 0 aromatic carbocycles. The SMILES string of the molecule is CCCCCCCC(=O)ON1CC(C)NCC1C. The number of nitrogens with one attached hydrogen (secondary N) is 1. The van der Waals surface area contributed by atoms with Gasteiger partial charge in [0.25, 0.3) is 0 Å². The Hall–Kier alpha value is -0.610. The lowest BCUT2D eigenvalue weighted by Gasteiger charge is -2.35. The normalized spacial score (nSPS) is 25.1. The fourth-order valence-corrected chi connectivity index (χ4v) is 2.16. The van der Waals surface area contributed by atoms with Crippen LogP contribution in [-0.2, 0) is 9.63 Å². The molecule has 1 N–H and O–H groups in total. The van der Waals surface area contributed by atoms with E-state index in [2.05, 4.69) is 26.1 Å². The molecule has 4 nitrogen and oxygen atoms in total. The number of rotatable bonds is 7. The lowest BCUT2D eigenvalue weighted by atomic mass is 10.1. The molecule has 4 heteroatoms. The first kappa shape index (κ1) is 15.4. The van der Waals surface area contributed by atoms with E-state index in [0.29, 0.717) is 12.5 Å². The quantitative estimate of drug-likeness (QED) is 0.711. The molecule has 1 rings (SSSR count). The molecule has 0 aromatic heterocycles. The van der Waals surface area contributed by atoms with Crippen molar-refractivity contribution in [2.45, 2.75) is 71.4 Å². The van der Waals surface area contributed by atoms with Crippen molar-refractivity contribution in [2.24, 2.45) is 0 Å². The summed E-state index contributed by atoms with van der Waals surface area (Å²) in [5, 5.41) is 5.20. The van der Waals surface area contributed by atoms with Crippen molar-refractivity contribution < 1.29 is 9.63 Å². The zero-order valence-corrected chi connectivity index (χ0v) is 12.1. The zero-order chi connectivity index (χ0) is 13.4. The second-order valence-corrected chi connectivity index (χ2v) is 5.39. The van der Waals surface area contributed by atoms with E-state index in [1.165, 1.54) is 19.3 Å². The van der Waals surface area contributed by atoms with Gasteiger partial charge in [-0.2, -0.15) is 0 Å². The van der Waals surface area contributed by atoms with Crippen molar-refractivity contribution in [1.29, 1.82) is 0 Å². The molecule has 2 unspecified atom stereocenters. The summed E-state index contributed by atoms with van der Waals surface area (Å²) in [6.07, 6.45) is 6.37. The minimum atomic E-state index is -0.0764. The van der Waals surface area contributed by atoms with Gasteiger partial charge in [-0.25, -0.2) is 0 Å². The Kier molecular flexibility index (Phi) is 7.28. The highest BCUT2D eigenvalue weighted by molar-refractivity contribution is 5.68. The van der Waals surface area contributed by atoms with Gasteiger partial charge in [0, 0.05) is 19.0 Å². The van der Waals surface area contributed by atoms with Gasteiger partial charge >= 0.3 is 5.97 Å². The van der Waals surface area contributed by atoms with Gasteiger partial charge in [-0.05, 0) is 20.3 Å². The molecule has 1 aliphatic heterocycles. The maximum absolute atomic E-state index is 11.7. The molecule has 1 heterocycles. The van der Waals surface area contributed by atoms with Crippen LogP contribution in [0.4, 0.5) is 0 Å². The smallest absolute Gasteiger partial charge is 0.325 e. The number of hydrogen-bond donors (Lipinski definition) is 1. The van der Waals surface area contributed by atoms with E-state index < -0.39 is 0 Å². The standard InChI is InChI=1S/C14H28N2O2/c1-4-5-6-7-8-9-14(17)18-16-11-12(2)15-10-13(16)3/h12-13,15H,4-11H2,1-3H3. The molecule has 0 bridgehead atoms. The Labute approximate surface area is 111 Å². The van der Waals surface area contributed by atoms with E-state index in [4.69, 9.17) is 4.84 Å². The summed E-state index contributed by atoms with van der Waals surface area (Å²) in [4.78, 5) is 17.1. The number of unbranched alkanes of at least 4 members (excludes halogenated alkanes) is 4. The summed E-state index contributed by atoms with van der Waals surface area (Å²) in [7, 11) is 0. The molecule has 0 radical (unpaired) electrons. The summed E-state index contributed by atoms with van der Waals surface area (Å²) >= 11 is 0. The average Bonchev–Trinajstić information content (AvgIpc) is 2.33. The number of nitrogens with zero attached hydrogens (tertiary/aromatic N) is 1. The Balaban J connectivity index is 2.14. The van der Waals surface area contributed by atoms with E-state index in [9.17, 15) is 4.79 Å². The van der Waals surface area contributed by atoms with Crippen molar-refractivity contribution >= 4 is 5.97 Å². The minimum absolute atomic E-state index is 0.0764. The zero-order valence-electron chi connectivity index (χ0n) is 12.1. The summed E-state index contributed by atoms with van der Waals surface area (Å²) in [6.45, 7) is 8.04. The number of hydroxylamine groups is 2. The van der Waals surface area contributed by atoms with Gasteiger partial charge in [-0.15, -0.1) is 5.06 Å². The third-order valence-corrected chi connectivity index (χ3v) is 3.41. The molecule has 18 heavy (non-hydrogen) atoms. The molecular formula is C14H28N2O2. The van der Waals surface area contributed by atoms with E-state index in [1.54, 1.807) is 0 Å². The van der Waals surface area contributed by atoms with Crippen LogP contribution in [0.2, 0.25) is 0 Å². The molecule has 0 aliphatic carbocycles. The molecular weight excluding hydrogens is 228 g/mol. The molecule has 0 aromatic rings. The lowest BCUT2D eigenvalue weighted by molar-refractivity contribution is -0.206. The van der Waals surface area contributed by atoms with Crippen LogP contribution in [0.25, 0.3) is 0 Å². The predicted octanol–water partition coefficient (Wildman–Crippen LogP) is 2.49. The highest BCUT2D eigenvalue weighted by atomic mass is 16.7. The molecule has 1 saturated heterocycles. The predicted molar refractivity (Wildman–Crippen MR) is 73.1 cm³/mol. The molecule has 0 saturated carbocycles. The van der Waals surface area contributed by atoms with E-state index in [1.807, 2.05) is 5.06 Å². The van der Waals surface area contributed by atoms with Crippen LogP contribution in [-0.4, -0.2) is 36.2 Å². The summed E-state index contributed by atoms with van der Waals surface area (Å²) in [6, 6.07) is 0.656. The Morgan fingerprint density at radius 1 is 1.28 bits per heavy atom. The molecule has 106 valence electrons. The molecule has 1 fully saturated rings. The van der Waals surface area contributed by atoms with Crippen molar-refractivity contribution in [3.8, 4) is 0 Å². The fourth-order valence-electron chi connectivity index (χ4n) is 2.16. The highest BCUT2D eigenvalue weighted by Crippen LogP contribution is 2.10. The number of carbonyl (C=O) groups excluding carboxylic acids is 1. The van der Waals surface area contributed by atoms with Crippen LogP contribution < -0.4 is 5.32 Å². The van der Waals surface area contributed by atoms with Gasteiger partial charge in [0.1, 0.15) is 0 Å². The van der Waals surface area contributed by atoms with Crippen LogP contribution in [0.1, 0.15) is 59.3 Å². The van der Waals surface area contributed by atoms with Gasteiger partial charge in [-0.3, -0.25) is 4.79 Å². The van der Waals surface area contributed by atoms with E-state index in [-0.39, 0.29) is 12.0 Å². The molecule has 2 atom stereocenters. The Morgan fingerprint density at radius 2 is 2.00 bits per heavy atom. The molecule has 1 aliphatic rings. The Morgan fingerprint density at radius 3 is 2.72 bits per heavy atom. The van der Waals surface area contributed by atoms with E-state index in [0.717, 1.165) is 25.9 Å². The van der Waals surface area contributed by atoms with Crippen LogP contribution >= 0.6 is 0 Å². The van der Waals surface area contributed by atoms with Gasteiger partial charge in [0.05, 0.1) is 12.6 Å². The van der Waals surface area contributed by atoms with Crippen LogP contribution in [0, 0.1) is 0 Å². The minimum Gasteiger partial charge on any atom is -0.368 e. The second-order valence-electron chi connectivity index (χ2n) is 5.39. The third kappa shape index (κ3) is 5.83. The number of carbonyl (C=O) groups is 1. The first-order valence-corrected chi connectivity index (χ1v) is 7.34. The Bertz CT molecular complexity index is 246. The van der Waals surface area contributed by atoms with Crippen molar-refractivity contribution in [3.05, 3.63) is 0 Å². The topological polar surface area (TPSA) is 41.6 Å². The van der Waals surface area contributed by atoms with Gasteiger partial charge < -0.3 is 10.2 Å². The third-order valence-electron chi connectivity index (χ3n) is 3.41. The van der Waals surface area contributed by atoms with Crippen LogP contribution in [0.3, 0.4) is 0 Å². The van der Waals surface area contributed by atoms with Crippen molar-refractivity contribution in [1.82, 2.24) is 10.4 Å². The molecule has 0 spiro atoms. The molecule has 0 amide bonds.